The fourth-order valence-electron chi connectivity index (χ4n) is 19.5. The summed E-state index contributed by atoms with van der Waals surface area (Å²) in [5, 5.41) is 5.23. The van der Waals surface area contributed by atoms with Crippen molar-refractivity contribution in [3.8, 4) is 77.9 Å². The van der Waals surface area contributed by atoms with Crippen LogP contribution in [0.4, 0.5) is 79.6 Å². The van der Waals surface area contributed by atoms with Crippen LogP contribution in [0, 0.1) is 0 Å². The second-order valence-electron chi connectivity index (χ2n) is 35.6. The Balaban J connectivity index is 0.000000111. The number of para-hydroxylation sites is 10. The van der Waals surface area contributed by atoms with Gasteiger partial charge >= 0.3 is 0 Å². The van der Waals surface area contributed by atoms with Gasteiger partial charge in [-0.15, -0.1) is 0 Å². The Labute approximate surface area is 861 Å². The Bertz CT molecular complexity index is 7760. The van der Waals surface area contributed by atoms with Gasteiger partial charge in [-0.05, 0) is 230 Å². The fraction of sp³-hybridized carbons (Fsp3) is 0. The number of fused-ring (bicyclic) bond motifs is 3. The molecule has 698 valence electrons. The molecule has 22 aromatic rings. The zero-order valence-electron chi connectivity index (χ0n) is 80.3. The molecule has 0 aromatic heterocycles. The standard InChI is InChI=1S/C48H35N2P.C36H27N2P.C30H23N2P.C20H17N2P/c1-5-17-36(18-6-1)40-25-15-27-44(32-40)49-47-29-13-14-30-48(47)50(45-28-16-26-41(33-45)37-19-7-2-8-20-37)51(49)46-34-42(38-21-9-3-10-22-38)31-43(35-46)39-23-11-4-12-24-39;1-4-14-28(15-5-1)30-18-12-20-32(26-30)37-35-24-10-11-25-36(35)38(39(37)34-22-8-3-9-23-34)33-21-13-19-31(27-33)29-16-6-2-7-17-29;1-4-12-24(13-5-1)25-20-22-28(23-21-25)33-31(26-14-6-2-7-15-26)29-18-10-11-19-30(29)32(33)27-16-8-3-9-17-27;1-4-10-18(11-5-1)21-16-17-22(19-12-6-2-7-13-19)23(21)20-14-8-3-9-15-20/h1-35H;1-27H;1-23H;1-17H. The molecule has 0 spiro atoms. The van der Waals surface area contributed by atoms with E-state index in [-0.39, 0.29) is 0 Å². The van der Waals surface area contributed by atoms with E-state index in [1.165, 1.54) is 179 Å². The molecule has 22 aromatic carbocycles. The minimum Gasteiger partial charge on any atom is -0.304 e. The molecule has 0 N–H and O–H groups in total. The molecule has 0 aliphatic carbocycles. The van der Waals surface area contributed by atoms with Gasteiger partial charge in [0.2, 0.25) is 0 Å². The van der Waals surface area contributed by atoms with Gasteiger partial charge in [0.15, 0.2) is 0 Å². The summed E-state index contributed by atoms with van der Waals surface area (Å²) in [5.41, 5.74) is 33.9. The Kier molecular flexibility index (Phi) is 27.6. The summed E-state index contributed by atoms with van der Waals surface area (Å²) in [6, 6.07) is 218. The number of anilines is 14. The van der Waals surface area contributed by atoms with Gasteiger partial charge in [0.25, 0.3) is 0 Å². The topological polar surface area (TPSA) is 25.9 Å². The number of benzene rings is 22. The molecule has 146 heavy (non-hydrogen) atoms. The monoisotopic (exact) mass is 1950 g/mol. The third kappa shape index (κ3) is 19.7. The number of nitrogens with zero attached hydrogens (tertiary/aromatic N) is 8. The highest BCUT2D eigenvalue weighted by atomic mass is 31.1. The molecule has 0 radical (unpaired) electrons. The van der Waals surface area contributed by atoms with Crippen molar-refractivity contribution in [2.24, 2.45) is 0 Å². The highest BCUT2D eigenvalue weighted by molar-refractivity contribution is 7.71. The first-order valence-electron chi connectivity index (χ1n) is 49.4. The summed E-state index contributed by atoms with van der Waals surface area (Å²) < 4.78 is 20.0. The Morgan fingerprint density at radius 1 is 0.103 bits per heavy atom. The molecular weight excluding hydrogens is 1850 g/mol. The van der Waals surface area contributed by atoms with Crippen LogP contribution in [-0.4, -0.2) is 0 Å². The SMILES string of the molecule is C1=CN(c2ccccc2)P(c2ccccc2)N1c1ccccc1.c1ccc(-c2ccc(P3N(c4ccccc4)c4ccccc4N3c3ccccc3)cc2)cc1.c1ccc(-c2cccc(N3c4ccccc4N(c4cccc(-c5ccccc5)c4)P3c3cc(-c4ccccc4)cc(-c4ccccc4)c3)c2)cc1.c1ccc(-c2cccc(N3c4ccccc4N(c4cccc(-c5ccccc5)c4)P3c3ccccc3)c2)cc1. The largest absolute Gasteiger partial charge is 0.304 e. The maximum Gasteiger partial charge on any atom is 0.138 e. The lowest BCUT2D eigenvalue weighted by molar-refractivity contribution is 1.44. The van der Waals surface area contributed by atoms with E-state index in [0.717, 1.165) is 0 Å². The summed E-state index contributed by atoms with van der Waals surface area (Å²) in [4.78, 5) is 0. The van der Waals surface area contributed by atoms with Crippen LogP contribution in [0.15, 0.2) is 619 Å². The van der Waals surface area contributed by atoms with E-state index in [0.29, 0.717) is 0 Å². The molecule has 0 fully saturated rings. The summed E-state index contributed by atoms with van der Waals surface area (Å²) in [5.74, 6) is 0. The minimum atomic E-state index is -1.16. The molecule has 0 atom stereocenters. The van der Waals surface area contributed by atoms with Crippen LogP contribution in [0.2, 0.25) is 0 Å². The second-order valence-corrected chi connectivity index (χ2v) is 43.2. The van der Waals surface area contributed by atoms with Crippen molar-refractivity contribution in [1.82, 2.24) is 0 Å². The van der Waals surface area contributed by atoms with Crippen LogP contribution < -0.4 is 58.6 Å². The lowest BCUT2D eigenvalue weighted by Gasteiger charge is -2.34. The summed E-state index contributed by atoms with van der Waals surface area (Å²) >= 11 is 0. The molecular formula is C134H102N8P4. The molecule has 0 bridgehead atoms. The van der Waals surface area contributed by atoms with Crippen molar-refractivity contribution >= 4 is 134 Å². The number of hydrogen-bond acceptors (Lipinski definition) is 8. The van der Waals surface area contributed by atoms with E-state index in [9.17, 15) is 0 Å². The quantitative estimate of drug-likeness (QED) is 0.0739. The van der Waals surface area contributed by atoms with Crippen LogP contribution in [0.5, 0.6) is 0 Å². The Morgan fingerprint density at radius 3 is 0.548 bits per heavy atom. The van der Waals surface area contributed by atoms with E-state index in [1.807, 2.05) is 0 Å². The zero-order chi connectivity index (χ0) is 97.5. The first kappa shape index (κ1) is 92.4. The third-order valence-corrected chi connectivity index (χ3v) is 35.8. The lowest BCUT2D eigenvalue weighted by atomic mass is 9.99. The van der Waals surface area contributed by atoms with Crippen molar-refractivity contribution < 1.29 is 0 Å². The first-order valence-corrected chi connectivity index (χ1v) is 54.4. The molecule has 8 nitrogen and oxygen atoms in total. The molecule has 4 aliphatic heterocycles. The van der Waals surface area contributed by atoms with Gasteiger partial charge in [0, 0.05) is 79.1 Å². The average Bonchev–Trinajstić information content (AvgIpc) is 1.59. The maximum atomic E-state index is 2.59. The summed E-state index contributed by atoms with van der Waals surface area (Å²) in [6.45, 7) is 0. The number of rotatable bonds is 19. The first-order chi connectivity index (χ1) is 72.5. The Morgan fingerprint density at radius 2 is 0.281 bits per heavy atom. The third-order valence-electron chi connectivity index (χ3n) is 26.3. The summed E-state index contributed by atoms with van der Waals surface area (Å²) in [7, 11) is -3.62. The lowest BCUT2D eigenvalue weighted by Crippen LogP contribution is -2.22. The van der Waals surface area contributed by atoms with Crippen LogP contribution in [0.25, 0.3) is 77.9 Å². The van der Waals surface area contributed by atoms with Crippen molar-refractivity contribution in [2.45, 2.75) is 0 Å². The normalized spacial score (nSPS) is 13.1. The van der Waals surface area contributed by atoms with Crippen LogP contribution in [-0.2, 0) is 0 Å². The van der Waals surface area contributed by atoms with E-state index >= 15 is 0 Å². The minimum absolute atomic E-state index is 0.664. The van der Waals surface area contributed by atoms with Gasteiger partial charge in [0.05, 0.1) is 34.1 Å². The highest BCUT2D eigenvalue weighted by Crippen LogP contribution is 2.69. The van der Waals surface area contributed by atoms with Crippen LogP contribution in [0.3, 0.4) is 0 Å². The van der Waals surface area contributed by atoms with Crippen molar-refractivity contribution in [3.05, 3.63) is 619 Å². The maximum absolute atomic E-state index is 2.59. The van der Waals surface area contributed by atoms with E-state index < -0.39 is 32.9 Å². The smallest absolute Gasteiger partial charge is 0.138 e. The Hall–Kier alpha value is -17.3. The second kappa shape index (κ2) is 43.7. The van der Waals surface area contributed by atoms with Gasteiger partial charge < -0.3 is 9.34 Å². The summed E-state index contributed by atoms with van der Waals surface area (Å²) in [6.07, 6.45) is 4.36. The number of hydrogen-bond donors (Lipinski definition) is 0. The fourth-order valence-corrected chi connectivity index (χ4v) is 29.3. The van der Waals surface area contributed by atoms with Gasteiger partial charge in [-0.1, -0.05) is 455 Å². The molecule has 12 heteroatoms. The van der Waals surface area contributed by atoms with Gasteiger partial charge in [-0.3, -0.25) is 28.0 Å². The van der Waals surface area contributed by atoms with Gasteiger partial charge in [-0.25, -0.2) is 0 Å². The molecule has 26 rings (SSSR count). The predicted molar refractivity (Wildman–Crippen MR) is 628 cm³/mol. The average molecular weight is 1950 g/mol. The van der Waals surface area contributed by atoms with Crippen molar-refractivity contribution in [3.63, 3.8) is 0 Å². The van der Waals surface area contributed by atoms with Gasteiger partial charge in [0.1, 0.15) is 32.9 Å². The van der Waals surface area contributed by atoms with Crippen LogP contribution >= 0.6 is 32.9 Å². The predicted octanol–water partition coefficient (Wildman–Crippen LogP) is 36.6. The highest BCUT2D eigenvalue weighted by Gasteiger charge is 2.44. The molecule has 0 unspecified atom stereocenters. The van der Waals surface area contributed by atoms with Crippen LogP contribution in [0.1, 0.15) is 0 Å². The van der Waals surface area contributed by atoms with E-state index in [1.54, 1.807) is 0 Å². The molecule has 0 saturated heterocycles. The molecule has 0 saturated carbocycles. The van der Waals surface area contributed by atoms with E-state index in [2.05, 4.69) is 656 Å². The van der Waals surface area contributed by atoms with Gasteiger partial charge in [-0.2, -0.15) is 0 Å². The molecule has 0 amide bonds. The van der Waals surface area contributed by atoms with Crippen molar-refractivity contribution in [2.75, 3.05) is 37.4 Å². The molecule has 4 aliphatic rings. The molecule has 4 heterocycles. The zero-order valence-corrected chi connectivity index (χ0v) is 83.8. The van der Waals surface area contributed by atoms with Crippen molar-refractivity contribution in [1.29, 1.82) is 0 Å². The van der Waals surface area contributed by atoms with E-state index in [4.69, 9.17) is 0 Å².